The molecule has 0 spiro atoms. The molecule has 1 amide bonds. The zero-order chi connectivity index (χ0) is 12.9. The normalized spacial score (nSPS) is 18.9. The van der Waals surface area contributed by atoms with Crippen molar-refractivity contribution in [2.24, 2.45) is 5.41 Å². The van der Waals surface area contributed by atoms with Crippen molar-refractivity contribution in [3.8, 4) is 6.07 Å². The Hall–Kier alpha value is -1.08. The van der Waals surface area contributed by atoms with Gasteiger partial charge in [-0.2, -0.15) is 5.26 Å². The van der Waals surface area contributed by atoms with Gasteiger partial charge in [-0.15, -0.1) is 0 Å². The lowest BCUT2D eigenvalue weighted by Gasteiger charge is -2.21. The van der Waals surface area contributed by atoms with Crippen molar-refractivity contribution in [2.75, 3.05) is 33.2 Å². The molecule has 1 saturated heterocycles. The summed E-state index contributed by atoms with van der Waals surface area (Å²) in [5, 5.41) is 8.46. The van der Waals surface area contributed by atoms with Gasteiger partial charge in [-0.25, -0.2) is 0 Å². The Kier molecular flexibility index (Phi) is 4.95. The van der Waals surface area contributed by atoms with Gasteiger partial charge in [0.2, 0.25) is 5.91 Å². The lowest BCUT2D eigenvalue weighted by molar-refractivity contribution is -0.130. The largest absolute Gasteiger partial charge is 0.345 e. The molecule has 1 aliphatic heterocycles. The van der Waals surface area contributed by atoms with Gasteiger partial charge in [0.15, 0.2) is 0 Å². The fourth-order valence-electron chi connectivity index (χ4n) is 2.20. The molecule has 1 aliphatic rings. The van der Waals surface area contributed by atoms with Gasteiger partial charge in [-0.3, -0.25) is 4.79 Å². The van der Waals surface area contributed by atoms with Crippen LogP contribution in [0.2, 0.25) is 0 Å². The molecule has 0 bridgehead atoms. The number of hydrogen-bond donors (Lipinski definition) is 0. The van der Waals surface area contributed by atoms with Crippen LogP contribution in [0.5, 0.6) is 0 Å². The van der Waals surface area contributed by atoms with Gasteiger partial charge >= 0.3 is 0 Å². The summed E-state index contributed by atoms with van der Waals surface area (Å²) in [6, 6.07) is 2.06. The van der Waals surface area contributed by atoms with E-state index in [9.17, 15) is 4.79 Å². The first-order valence-electron chi connectivity index (χ1n) is 6.28. The van der Waals surface area contributed by atoms with E-state index in [0.29, 0.717) is 24.8 Å². The van der Waals surface area contributed by atoms with Crippen LogP contribution in [-0.2, 0) is 4.79 Å². The number of hydrogen-bond acceptors (Lipinski definition) is 3. The van der Waals surface area contributed by atoms with Gasteiger partial charge in [0.05, 0.1) is 12.5 Å². The minimum Gasteiger partial charge on any atom is -0.345 e. The third kappa shape index (κ3) is 4.74. The number of rotatable bonds is 5. The summed E-state index contributed by atoms with van der Waals surface area (Å²) in [4.78, 5) is 15.8. The molecule has 4 nitrogen and oxygen atoms in total. The lowest BCUT2D eigenvalue weighted by Crippen LogP contribution is -2.32. The first-order chi connectivity index (χ1) is 7.94. The molecule has 17 heavy (non-hydrogen) atoms. The summed E-state index contributed by atoms with van der Waals surface area (Å²) in [6.45, 7) is 8.12. The molecule has 1 rings (SSSR count). The van der Waals surface area contributed by atoms with Crippen LogP contribution in [0.25, 0.3) is 0 Å². The van der Waals surface area contributed by atoms with Crippen LogP contribution in [0.4, 0.5) is 0 Å². The van der Waals surface area contributed by atoms with Crippen molar-refractivity contribution in [2.45, 2.75) is 33.1 Å². The minimum atomic E-state index is 0.143. The van der Waals surface area contributed by atoms with Crippen LogP contribution < -0.4 is 0 Å². The highest BCUT2D eigenvalue weighted by molar-refractivity contribution is 5.76. The van der Waals surface area contributed by atoms with E-state index in [-0.39, 0.29) is 5.91 Å². The fraction of sp³-hybridized carbons (Fsp3) is 0.846. The quantitative estimate of drug-likeness (QED) is 0.727. The third-order valence-electron chi connectivity index (χ3n) is 3.38. The molecule has 0 N–H and O–H groups in total. The Bertz CT molecular complexity index is 306. The highest BCUT2D eigenvalue weighted by atomic mass is 16.2. The van der Waals surface area contributed by atoms with E-state index in [4.69, 9.17) is 5.26 Å². The zero-order valence-electron chi connectivity index (χ0n) is 11.2. The Morgan fingerprint density at radius 2 is 2.24 bits per heavy atom. The maximum absolute atomic E-state index is 11.8. The van der Waals surface area contributed by atoms with Crippen molar-refractivity contribution in [1.29, 1.82) is 5.26 Å². The predicted molar refractivity (Wildman–Crippen MR) is 67.3 cm³/mol. The summed E-state index contributed by atoms with van der Waals surface area (Å²) in [7, 11) is 1.77. The van der Waals surface area contributed by atoms with Gasteiger partial charge in [0, 0.05) is 33.1 Å². The highest BCUT2D eigenvalue weighted by Gasteiger charge is 2.29. The number of nitrogens with zero attached hydrogens (tertiary/aromatic N) is 3. The van der Waals surface area contributed by atoms with Crippen molar-refractivity contribution < 1.29 is 4.79 Å². The maximum atomic E-state index is 11.8. The SMILES string of the molecule is CN(CCC#N)C(=O)CCN1CCC(C)(C)C1. The molecule has 96 valence electrons. The lowest BCUT2D eigenvalue weighted by atomic mass is 9.93. The number of nitriles is 1. The topological polar surface area (TPSA) is 47.3 Å². The van der Waals surface area contributed by atoms with Crippen LogP contribution in [0, 0.1) is 16.7 Å². The zero-order valence-corrected chi connectivity index (χ0v) is 11.2. The van der Waals surface area contributed by atoms with E-state index < -0.39 is 0 Å². The second-order valence-electron chi connectivity index (χ2n) is 5.66. The molecule has 0 atom stereocenters. The molecule has 0 aromatic rings. The van der Waals surface area contributed by atoms with Gasteiger partial charge in [-0.1, -0.05) is 13.8 Å². The molecule has 0 unspecified atom stereocenters. The van der Waals surface area contributed by atoms with Gasteiger partial charge in [0.1, 0.15) is 0 Å². The van der Waals surface area contributed by atoms with Crippen LogP contribution >= 0.6 is 0 Å². The first kappa shape index (κ1) is 14.0. The summed E-state index contributed by atoms with van der Waals surface area (Å²) < 4.78 is 0. The number of carbonyl (C=O) groups is 1. The maximum Gasteiger partial charge on any atom is 0.223 e. The average molecular weight is 237 g/mol. The van der Waals surface area contributed by atoms with E-state index in [2.05, 4.69) is 24.8 Å². The molecule has 4 heteroatoms. The molecule has 0 radical (unpaired) electrons. The fourth-order valence-corrected chi connectivity index (χ4v) is 2.20. The van der Waals surface area contributed by atoms with Crippen molar-refractivity contribution in [1.82, 2.24) is 9.80 Å². The standard InChI is InChI=1S/C13H23N3O/c1-13(2)6-10-16(11-13)9-5-12(17)15(3)8-4-7-14/h4-6,8-11H2,1-3H3. The summed E-state index contributed by atoms with van der Waals surface area (Å²) in [6.07, 6.45) is 2.20. The van der Waals surface area contributed by atoms with Gasteiger partial charge in [-0.05, 0) is 18.4 Å². The molecule has 1 heterocycles. The Balaban J connectivity index is 2.23. The van der Waals surface area contributed by atoms with E-state index in [1.165, 1.54) is 6.42 Å². The van der Waals surface area contributed by atoms with E-state index in [1.807, 2.05) is 0 Å². The van der Waals surface area contributed by atoms with E-state index in [1.54, 1.807) is 11.9 Å². The monoisotopic (exact) mass is 237 g/mol. The summed E-state index contributed by atoms with van der Waals surface area (Å²) >= 11 is 0. The summed E-state index contributed by atoms with van der Waals surface area (Å²) in [5.41, 5.74) is 0.399. The highest BCUT2D eigenvalue weighted by Crippen LogP contribution is 2.28. The van der Waals surface area contributed by atoms with Crippen LogP contribution in [0.15, 0.2) is 0 Å². The second-order valence-corrected chi connectivity index (χ2v) is 5.66. The van der Waals surface area contributed by atoms with E-state index in [0.717, 1.165) is 19.6 Å². The van der Waals surface area contributed by atoms with Crippen LogP contribution in [0.1, 0.15) is 33.1 Å². The summed E-state index contributed by atoms with van der Waals surface area (Å²) in [5.74, 6) is 0.143. The average Bonchev–Trinajstić information content (AvgIpc) is 2.62. The first-order valence-corrected chi connectivity index (χ1v) is 6.28. The predicted octanol–water partition coefficient (Wildman–Crippen LogP) is 1.48. The van der Waals surface area contributed by atoms with Crippen molar-refractivity contribution in [3.63, 3.8) is 0 Å². The Morgan fingerprint density at radius 3 is 2.76 bits per heavy atom. The van der Waals surface area contributed by atoms with Crippen LogP contribution in [-0.4, -0.2) is 48.9 Å². The molecule has 0 aromatic carbocycles. The molecule has 0 aromatic heterocycles. The van der Waals surface area contributed by atoms with Gasteiger partial charge < -0.3 is 9.80 Å². The van der Waals surface area contributed by atoms with Crippen molar-refractivity contribution >= 4 is 5.91 Å². The Morgan fingerprint density at radius 1 is 1.53 bits per heavy atom. The Labute approximate surface area is 104 Å². The number of carbonyl (C=O) groups excluding carboxylic acids is 1. The number of amides is 1. The molecular weight excluding hydrogens is 214 g/mol. The van der Waals surface area contributed by atoms with Crippen molar-refractivity contribution in [3.05, 3.63) is 0 Å². The third-order valence-corrected chi connectivity index (χ3v) is 3.38. The minimum absolute atomic E-state index is 0.143. The van der Waals surface area contributed by atoms with Gasteiger partial charge in [0.25, 0.3) is 0 Å². The number of likely N-dealkylation sites (tertiary alicyclic amines) is 1. The van der Waals surface area contributed by atoms with E-state index >= 15 is 0 Å². The molecule has 0 saturated carbocycles. The second kappa shape index (κ2) is 6.02. The van der Waals surface area contributed by atoms with Crippen LogP contribution in [0.3, 0.4) is 0 Å². The molecule has 1 fully saturated rings. The molecule has 0 aliphatic carbocycles. The molecular formula is C13H23N3O. The smallest absolute Gasteiger partial charge is 0.223 e.